The molecule has 0 aromatic rings. The van der Waals surface area contributed by atoms with Gasteiger partial charge in [0, 0.05) is 12.8 Å². The quantitative estimate of drug-likeness (QED) is 0.0532. The number of allylic oxidation sites excluding steroid dienone is 2. The number of rotatable bonds is 18. The predicted octanol–water partition coefficient (Wildman–Crippen LogP) is -1.79. The van der Waals surface area contributed by atoms with Crippen molar-refractivity contribution in [3.8, 4) is 0 Å². The van der Waals surface area contributed by atoms with Gasteiger partial charge in [0.05, 0.1) is 43.7 Å². The molecule has 4 aliphatic carbocycles. The molecule has 5 aliphatic heterocycles. The topological polar surface area (TPSA) is 416 Å². The molecule has 5 saturated heterocycles. The van der Waals surface area contributed by atoms with Crippen molar-refractivity contribution in [2.45, 2.75) is 273 Å². The van der Waals surface area contributed by atoms with Crippen molar-refractivity contribution in [2.75, 3.05) is 13.2 Å². The Kier molecular flexibility index (Phi) is 20.9. The van der Waals surface area contributed by atoms with Crippen molar-refractivity contribution in [1.29, 1.82) is 0 Å². The van der Waals surface area contributed by atoms with E-state index in [9.17, 15) is 79.0 Å². The summed E-state index contributed by atoms with van der Waals surface area (Å²) >= 11 is 0. The highest BCUT2D eigenvalue weighted by molar-refractivity contribution is 7.80. The Morgan fingerprint density at radius 1 is 0.607 bits per heavy atom. The van der Waals surface area contributed by atoms with Crippen LogP contribution < -0.4 is 0 Å². The van der Waals surface area contributed by atoms with Crippen molar-refractivity contribution in [3.05, 3.63) is 11.6 Å². The number of ketones is 1. The summed E-state index contributed by atoms with van der Waals surface area (Å²) in [6.07, 6.45) is -35.0. The Bertz CT molecular complexity index is 2370. The van der Waals surface area contributed by atoms with Gasteiger partial charge in [-0.05, 0) is 112 Å². The van der Waals surface area contributed by atoms with E-state index in [4.69, 9.17) is 51.6 Å². The molecule has 9 aliphatic rings. The summed E-state index contributed by atoms with van der Waals surface area (Å²) in [6.45, 7) is 13.4. The molecule has 0 aromatic carbocycles. The average Bonchev–Trinajstić information content (AvgIpc) is 2.53. The fourth-order valence-electron chi connectivity index (χ4n) is 15.7. The Morgan fingerprint density at radius 2 is 1.17 bits per heavy atom. The van der Waals surface area contributed by atoms with Gasteiger partial charge >= 0.3 is 10.4 Å². The molecule has 84 heavy (non-hydrogen) atoms. The van der Waals surface area contributed by atoms with Crippen LogP contribution in [0.5, 0.6) is 0 Å². The van der Waals surface area contributed by atoms with Gasteiger partial charge in [-0.1, -0.05) is 46.3 Å². The third-order valence-corrected chi connectivity index (χ3v) is 20.8. The normalized spacial score (nSPS) is 51.3. The number of carbonyl (C=O) groups excluding carboxylic acids is 1. The first-order valence-corrected chi connectivity index (χ1v) is 31.2. The van der Waals surface area contributed by atoms with E-state index < -0.39 is 195 Å². The van der Waals surface area contributed by atoms with E-state index in [-0.39, 0.29) is 47.2 Å². The Hall–Kier alpha value is -1.60. The molecule has 3 saturated carbocycles. The molecule has 33 atom stereocenters. The Morgan fingerprint density at radius 3 is 1.75 bits per heavy atom. The van der Waals surface area contributed by atoms with Gasteiger partial charge in [0.1, 0.15) is 103 Å². The van der Waals surface area contributed by atoms with E-state index in [0.717, 1.165) is 19.3 Å². The maximum absolute atomic E-state index is 13.2. The molecule has 13 N–H and O–H groups in total. The van der Waals surface area contributed by atoms with E-state index in [1.165, 1.54) is 26.3 Å². The van der Waals surface area contributed by atoms with E-state index in [1.807, 2.05) is 13.8 Å². The Labute approximate surface area is 489 Å². The third-order valence-electron chi connectivity index (χ3n) is 20.3. The molecule has 484 valence electrons. The average molecular weight is 1230 g/mol. The second kappa shape index (κ2) is 26.3. The van der Waals surface area contributed by atoms with Gasteiger partial charge in [-0.25, -0.2) is 4.18 Å². The summed E-state index contributed by atoms with van der Waals surface area (Å²) in [7, 11) is -4.85. The summed E-state index contributed by atoms with van der Waals surface area (Å²) in [4.78, 5) is 13.2. The number of fused-ring (bicyclic) bond motifs is 5. The zero-order valence-corrected chi connectivity index (χ0v) is 49.6. The molecule has 28 heteroatoms. The second-order valence-electron chi connectivity index (χ2n) is 26.4. The van der Waals surface area contributed by atoms with Crippen molar-refractivity contribution >= 4 is 16.2 Å². The van der Waals surface area contributed by atoms with Crippen LogP contribution in [0.15, 0.2) is 11.6 Å². The first-order valence-electron chi connectivity index (χ1n) is 29.8. The smallest absolute Gasteiger partial charge is 0.394 e. The number of hydrogen-bond acceptors (Lipinski definition) is 26. The highest BCUT2D eigenvalue weighted by atomic mass is 32.3. The predicted molar refractivity (Wildman–Crippen MR) is 284 cm³/mol. The fourth-order valence-corrected chi connectivity index (χ4v) is 16.2. The first-order chi connectivity index (χ1) is 39.4. The number of carbonyl (C=O) groups is 1. The molecule has 9 rings (SSSR count). The molecule has 0 radical (unpaired) electrons. The van der Waals surface area contributed by atoms with Crippen LogP contribution in [-0.4, -0.2) is 253 Å². The molecular formula is C56H92O27S. The Balaban J connectivity index is 0.977. The minimum Gasteiger partial charge on any atom is -0.394 e. The molecule has 0 amide bonds. The minimum atomic E-state index is -4.85. The molecule has 0 spiro atoms. The largest absolute Gasteiger partial charge is 0.397 e. The third kappa shape index (κ3) is 13.3. The van der Waals surface area contributed by atoms with Crippen LogP contribution in [0, 0.1) is 46.3 Å². The monoisotopic (exact) mass is 1230 g/mol. The van der Waals surface area contributed by atoms with Crippen molar-refractivity contribution in [3.63, 3.8) is 0 Å². The van der Waals surface area contributed by atoms with Crippen LogP contribution in [0.4, 0.5) is 0 Å². The summed E-state index contributed by atoms with van der Waals surface area (Å²) in [6, 6.07) is 0. The van der Waals surface area contributed by atoms with E-state index in [1.54, 1.807) is 0 Å². The van der Waals surface area contributed by atoms with Crippen LogP contribution in [-0.2, 0) is 66.7 Å². The summed E-state index contributed by atoms with van der Waals surface area (Å²) in [5.41, 5.74) is 0.489. The molecule has 0 bridgehead atoms. The highest BCUT2D eigenvalue weighted by Gasteiger charge is 2.62. The molecular weight excluding hydrogens is 1140 g/mol. The van der Waals surface area contributed by atoms with Gasteiger partial charge < -0.3 is 109 Å². The molecule has 5 heterocycles. The van der Waals surface area contributed by atoms with Crippen molar-refractivity contribution in [1.82, 2.24) is 0 Å². The highest BCUT2D eigenvalue weighted by Crippen LogP contribution is 2.67. The van der Waals surface area contributed by atoms with Gasteiger partial charge in [0.25, 0.3) is 0 Å². The SMILES string of the molecule is CC(C)CC(=O)C[C@@H](C)[C@H]1CC[C@H]2[C@@H]3C[C@H](O[C@@H]4O[C@H](C)[C@@H](O)[C@H](O[C@@H]5OC[C@@H](O[C@@H]6O[C@H](CO)[C@H](O)[C@H](O)[C@H]6O[C@@H]6O[C@H](C)[C@H](O)[C@H](O)[C@H]6O)[C@H](O)[C@H]5O[C@@H]5O[C@H](C)[C@@H](O)[C@H](O)[C@H]5O)[C@H]4O)[C@H]4C[C@@H](OS(=O)(=O)O)CC[C@]4(C)C3=CC[C@]12C. The maximum atomic E-state index is 13.2. The minimum absolute atomic E-state index is 0.0279. The fraction of sp³-hybridized carbons (Fsp3) is 0.946. The van der Waals surface area contributed by atoms with Gasteiger partial charge in [0.15, 0.2) is 31.5 Å². The summed E-state index contributed by atoms with van der Waals surface area (Å²) in [5.74, 6) is 0.591. The number of hydrogen-bond donors (Lipinski definition) is 13. The lowest BCUT2D eigenvalue weighted by Crippen LogP contribution is -2.67. The van der Waals surface area contributed by atoms with Crippen LogP contribution in [0.2, 0.25) is 0 Å². The number of aliphatic hydroxyl groups is 12. The standard InChI is InChI=1S/C56H92O27S/c1-21(2)15-26(58)16-22(3)29-9-10-30-28-18-33(32-17-27(83-84(70,71)72)11-13-56(32,8)31(28)12-14-55(29,30)7)77-52-46(69)47(38(61)25(6)76-52)80-53-48(81-50-44(67)41(64)36(59)23(4)74-50)40(63)35(20-73-53)79-54-49(43(66)39(62)34(19-57)78-54)82-51-45(68)42(65)37(60)24(5)75-51/h12,21-25,27-30,32-54,57,59-69H,9-11,13-20H2,1-8H3,(H,70,71,72)/t22-,23-,24-,25-,27+,28+,29-,30+,32-,33+,34-,35-,36-,37+,38-,39+,40+,41+,42+,43+,44-,45-,46-,47+,48-,49-,50+,51+,52+,53+,54+,55-,56-/m1/s1. The molecule has 27 nitrogen and oxygen atoms in total. The van der Waals surface area contributed by atoms with Crippen LogP contribution in [0.1, 0.15) is 113 Å². The van der Waals surface area contributed by atoms with Gasteiger partial charge in [-0.3, -0.25) is 9.35 Å². The van der Waals surface area contributed by atoms with E-state index in [2.05, 4.69) is 26.8 Å². The van der Waals surface area contributed by atoms with E-state index in [0.29, 0.717) is 32.1 Å². The zero-order valence-electron chi connectivity index (χ0n) is 48.8. The molecule has 0 aromatic heterocycles. The lowest BCUT2D eigenvalue weighted by atomic mass is 9.47. The second-order valence-corrected chi connectivity index (χ2v) is 27.4. The number of aliphatic hydroxyl groups excluding tert-OH is 12. The summed E-state index contributed by atoms with van der Waals surface area (Å²) in [5, 5.41) is 133. The number of ether oxygens (including phenoxy) is 10. The van der Waals surface area contributed by atoms with Crippen molar-refractivity contribution < 1.29 is 131 Å². The van der Waals surface area contributed by atoms with Crippen LogP contribution >= 0.6 is 0 Å². The lowest BCUT2D eigenvalue weighted by Gasteiger charge is -2.59. The van der Waals surface area contributed by atoms with Gasteiger partial charge in [-0.15, -0.1) is 0 Å². The molecule has 8 fully saturated rings. The molecule has 0 unspecified atom stereocenters. The lowest BCUT2D eigenvalue weighted by molar-refractivity contribution is -0.398. The van der Waals surface area contributed by atoms with Crippen LogP contribution in [0.25, 0.3) is 0 Å². The summed E-state index contributed by atoms with van der Waals surface area (Å²) < 4.78 is 100. The zero-order chi connectivity index (χ0) is 61.4. The number of Topliss-reactive ketones (excluding diaryl/α,β-unsaturated/α-hetero) is 1. The van der Waals surface area contributed by atoms with E-state index >= 15 is 0 Å². The van der Waals surface area contributed by atoms with Gasteiger partial charge in [-0.2, -0.15) is 8.42 Å². The van der Waals surface area contributed by atoms with Gasteiger partial charge in [0.2, 0.25) is 0 Å². The van der Waals surface area contributed by atoms with Crippen LogP contribution in [0.3, 0.4) is 0 Å². The van der Waals surface area contributed by atoms with Crippen molar-refractivity contribution in [2.24, 2.45) is 46.3 Å². The first kappa shape index (κ1) is 66.8. The maximum Gasteiger partial charge on any atom is 0.397 e.